The Labute approximate surface area is 216 Å². The van der Waals surface area contributed by atoms with Crippen molar-refractivity contribution in [2.24, 2.45) is 4.99 Å². The van der Waals surface area contributed by atoms with Gasteiger partial charge in [-0.15, -0.1) is 0 Å². The van der Waals surface area contributed by atoms with E-state index in [1.54, 1.807) is 24.3 Å². The van der Waals surface area contributed by atoms with Gasteiger partial charge in [-0.1, -0.05) is 42.5 Å². The van der Waals surface area contributed by atoms with Gasteiger partial charge < -0.3 is 24.1 Å². The molecule has 1 saturated heterocycles. The van der Waals surface area contributed by atoms with Gasteiger partial charge in [-0.2, -0.15) is 0 Å². The molecule has 0 bridgehead atoms. The highest BCUT2D eigenvalue weighted by atomic mass is 16.7. The van der Waals surface area contributed by atoms with Crippen molar-refractivity contribution in [3.63, 3.8) is 0 Å². The second kappa shape index (κ2) is 9.21. The number of nitrogens with zero attached hydrogens (tertiary/aromatic N) is 1. The number of fused-ring (bicyclic) bond motifs is 1. The molecule has 37 heavy (non-hydrogen) atoms. The molecule has 5 rings (SSSR count). The van der Waals surface area contributed by atoms with Crippen LogP contribution in [0.4, 0.5) is 5.69 Å². The lowest BCUT2D eigenvalue weighted by Crippen LogP contribution is -2.41. The predicted molar refractivity (Wildman–Crippen MR) is 145 cm³/mol. The van der Waals surface area contributed by atoms with Crippen LogP contribution in [0.2, 0.25) is 0 Å². The van der Waals surface area contributed by atoms with Crippen LogP contribution in [0.1, 0.15) is 49.2 Å². The van der Waals surface area contributed by atoms with Crippen LogP contribution in [0.25, 0.3) is 10.9 Å². The Morgan fingerprint density at radius 1 is 0.919 bits per heavy atom. The second-order valence-corrected chi connectivity index (χ2v) is 10.1. The van der Waals surface area contributed by atoms with Gasteiger partial charge in [-0.05, 0) is 63.5 Å². The molecular weight excluding hydrogens is 467 g/mol. The number of carbonyl (C=O) groups is 1. The third-order valence-electron chi connectivity index (χ3n) is 7.14. The van der Waals surface area contributed by atoms with Gasteiger partial charge in [0.25, 0.3) is 0 Å². The number of carbonyl (C=O) groups excluding carboxylic acids is 1. The summed E-state index contributed by atoms with van der Waals surface area (Å²) in [5.74, 6) is -0.402. The molecule has 3 aromatic carbocycles. The summed E-state index contributed by atoms with van der Waals surface area (Å²) in [5, 5.41) is 11.9. The Hall–Kier alpha value is -3.88. The van der Waals surface area contributed by atoms with Crippen LogP contribution in [0.5, 0.6) is 5.88 Å². The highest BCUT2D eigenvalue weighted by molar-refractivity contribution is 6.62. The summed E-state index contributed by atoms with van der Waals surface area (Å²) >= 11 is 0. The number of hydrogen-bond acceptors (Lipinski definition) is 6. The van der Waals surface area contributed by atoms with Crippen molar-refractivity contribution in [2.45, 2.75) is 38.9 Å². The summed E-state index contributed by atoms with van der Waals surface area (Å²) in [6, 6.07) is 22.3. The third-order valence-corrected chi connectivity index (χ3v) is 7.14. The summed E-state index contributed by atoms with van der Waals surface area (Å²) < 4.78 is 17.2. The number of benzene rings is 3. The number of aliphatic imine (C=N–C) groups is 1. The fraction of sp³-hybridized carbons (Fsp3) is 0.241. The van der Waals surface area contributed by atoms with Crippen molar-refractivity contribution in [3.8, 4) is 5.88 Å². The topological polar surface area (TPSA) is 93.1 Å². The molecule has 7 nitrogen and oxygen atoms in total. The number of aromatic nitrogens is 1. The molecule has 0 atom stereocenters. The van der Waals surface area contributed by atoms with E-state index in [1.807, 2.05) is 76.2 Å². The minimum absolute atomic E-state index is 0.00912. The number of hydrogen-bond donors (Lipinski definition) is 2. The summed E-state index contributed by atoms with van der Waals surface area (Å²) in [6.07, 6.45) is 0. The standard InChI is InChI=1S/C29H29BN2O5/c1-28(2)29(3,4)37-30(36-28)20-13-16-22-23(17-20)32-26(33)24(22)25(18-9-7-6-8-10-18)31-21-14-11-19(12-15-21)27(34)35-5/h6-17,32-33H,1-5H3. The van der Waals surface area contributed by atoms with E-state index in [1.165, 1.54) is 7.11 Å². The monoisotopic (exact) mass is 496 g/mol. The summed E-state index contributed by atoms with van der Waals surface area (Å²) in [5.41, 5.74) is 3.78. The van der Waals surface area contributed by atoms with Crippen molar-refractivity contribution < 1.29 is 23.9 Å². The molecule has 1 fully saturated rings. The molecule has 0 unspecified atom stereocenters. The van der Waals surface area contributed by atoms with Gasteiger partial charge in [0, 0.05) is 16.5 Å². The van der Waals surface area contributed by atoms with Gasteiger partial charge in [0.15, 0.2) is 5.88 Å². The largest absolute Gasteiger partial charge is 0.494 e. The average molecular weight is 496 g/mol. The van der Waals surface area contributed by atoms with Gasteiger partial charge in [0.05, 0.1) is 40.8 Å². The maximum absolute atomic E-state index is 11.8. The van der Waals surface area contributed by atoms with Crippen LogP contribution in [0.3, 0.4) is 0 Å². The first-order chi connectivity index (χ1) is 17.6. The summed E-state index contributed by atoms with van der Waals surface area (Å²) in [7, 11) is 0.832. The number of esters is 1. The van der Waals surface area contributed by atoms with Crippen molar-refractivity contribution in [1.29, 1.82) is 0 Å². The number of rotatable bonds is 5. The quantitative estimate of drug-likeness (QED) is 0.227. The normalized spacial score (nSPS) is 16.8. The maximum atomic E-state index is 11.8. The van der Waals surface area contributed by atoms with Crippen LogP contribution in [0.15, 0.2) is 77.8 Å². The minimum Gasteiger partial charge on any atom is -0.494 e. The minimum atomic E-state index is -0.515. The number of nitrogens with one attached hydrogen (secondary N) is 1. The van der Waals surface area contributed by atoms with Crippen molar-refractivity contribution in [2.75, 3.05) is 7.11 Å². The third kappa shape index (κ3) is 4.54. The van der Waals surface area contributed by atoms with E-state index in [0.717, 1.165) is 21.9 Å². The highest BCUT2D eigenvalue weighted by Crippen LogP contribution is 2.37. The van der Waals surface area contributed by atoms with E-state index in [2.05, 4.69) is 4.98 Å². The number of ether oxygens (including phenoxy) is 1. The summed E-state index contributed by atoms with van der Waals surface area (Å²) in [6.45, 7) is 8.07. The van der Waals surface area contributed by atoms with Crippen LogP contribution in [-0.2, 0) is 14.0 Å². The Balaban J connectivity index is 1.59. The van der Waals surface area contributed by atoms with E-state index >= 15 is 0 Å². The Kier molecular flexibility index (Phi) is 6.18. The summed E-state index contributed by atoms with van der Waals surface area (Å²) in [4.78, 5) is 19.8. The average Bonchev–Trinajstić information content (AvgIpc) is 3.32. The van der Waals surface area contributed by atoms with Crippen molar-refractivity contribution in [3.05, 3.63) is 89.5 Å². The number of aromatic hydroxyl groups is 1. The molecule has 4 aromatic rings. The Bertz CT molecular complexity index is 1470. The zero-order valence-electron chi connectivity index (χ0n) is 21.5. The van der Waals surface area contributed by atoms with E-state index < -0.39 is 24.3 Å². The molecule has 1 aromatic heterocycles. The molecule has 1 aliphatic rings. The fourth-order valence-corrected chi connectivity index (χ4v) is 4.35. The lowest BCUT2D eigenvalue weighted by atomic mass is 9.78. The van der Waals surface area contributed by atoms with Crippen LogP contribution in [0, 0.1) is 0 Å². The first-order valence-corrected chi connectivity index (χ1v) is 12.1. The van der Waals surface area contributed by atoms with Crippen LogP contribution >= 0.6 is 0 Å². The van der Waals surface area contributed by atoms with E-state index in [-0.39, 0.29) is 5.88 Å². The van der Waals surface area contributed by atoms with Gasteiger partial charge in [0.2, 0.25) is 0 Å². The molecule has 0 spiro atoms. The molecule has 2 N–H and O–H groups in total. The fourth-order valence-electron chi connectivity index (χ4n) is 4.35. The van der Waals surface area contributed by atoms with Gasteiger partial charge in [-0.25, -0.2) is 9.79 Å². The van der Waals surface area contributed by atoms with E-state index in [0.29, 0.717) is 22.5 Å². The molecule has 2 heterocycles. The molecule has 0 amide bonds. The zero-order valence-corrected chi connectivity index (χ0v) is 21.5. The maximum Gasteiger partial charge on any atom is 0.494 e. The van der Waals surface area contributed by atoms with Gasteiger partial charge in [-0.3, -0.25) is 0 Å². The molecule has 0 saturated carbocycles. The Morgan fingerprint density at radius 3 is 2.19 bits per heavy atom. The SMILES string of the molecule is COC(=O)c1ccc(N=C(c2ccccc2)c2c(O)[nH]c3cc(B4OC(C)(C)C(C)(C)O4)ccc23)cc1. The first-order valence-electron chi connectivity index (χ1n) is 12.1. The molecule has 188 valence electrons. The van der Waals surface area contributed by atoms with E-state index in [9.17, 15) is 9.90 Å². The lowest BCUT2D eigenvalue weighted by Gasteiger charge is -2.32. The molecule has 0 aliphatic carbocycles. The highest BCUT2D eigenvalue weighted by Gasteiger charge is 2.51. The molecule has 0 radical (unpaired) electrons. The second-order valence-electron chi connectivity index (χ2n) is 10.1. The van der Waals surface area contributed by atoms with Gasteiger partial charge >= 0.3 is 13.1 Å². The van der Waals surface area contributed by atoms with E-state index in [4.69, 9.17) is 19.0 Å². The van der Waals surface area contributed by atoms with Crippen LogP contribution in [-0.4, -0.2) is 47.2 Å². The molecule has 1 aliphatic heterocycles. The number of H-pyrrole nitrogens is 1. The Morgan fingerprint density at radius 2 is 1.57 bits per heavy atom. The van der Waals surface area contributed by atoms with Gasteiger partial charge in [0.1, 0.15) is 0 Å². The first kappa shape index (κ1) is 24.8. The number of methoxy groups -OCH3 is 1. The lowest BCUT2D eigenvalue weighted by molar-refractivity contribution is 0.00578. The van der Waals surface area contributed by atoms with Crippen molar-refractivity contribution >= 4 is 40.9 Å². The molecular formula is C29H29BN2O5. The zero-order chi connectivity index (χ0) is 26.4. The predicted octanol–water partition coefficient (Wildman–Crippen LogP) is 5.13. The van der Waals surface area contributed by atoms with Crippen molar-refractivity contribution in [1.82, 2.24) is 4.98 Å². The smallest absolute Gasteiger partial charge is 0.494 e. The molecule has 8 heteroatoms. The number of aromatic amines is 1. The van der Waals surface area contributed by atoms with Crippen LogP contribution < -0.4 is 5.46 Å².